The van der Waals surface area contributed by atoms with Gasteiger partial charge in [0.25, 0.3) is 0 Å². The Hall–Kier alpha value is -3.02. The average Bonchev–Trinajstić information content (AvgIpc) is 3.57. The first kappa shape index (κ1) is 22.8. The lowest BCUT2D eigenvalue weighted by Crippen LogP contribution is -2.37. The molecular weight excluding hydrogens is 475 g/mol. The second-order valence-corrected chi connectivity index (χ2v) is 9.66. The molecule has 5 rings (SSSR count). The number of morpholine rings is 1. The maximum Gasteiger partial charge on any atom is 0.232 e. The molecule has 4 heterocycles. The summed E-state index contributed by atoms with van der Waals surface area (Å²) < 4.78 is 23.3. The van der Waals surface area contributed by atoms with Crippen molar-refractivity contribution in [3.63, 3.8) is 0 Å². The summed E-state index contributed by atoms with van der Waals surface area (Å²) in [5.74, 6) is 0.438. The summed E-state index contributed by atoms with van der Waals surface area (Å²) in [4.78, 5) is 19.6. The lowest BCUT2D eigenvalue weighted by molar-refractivity contribution is 0.102. The number of anilines is 1. The highest BCUT2D eigenvalue weighted by atomic mass is 32.2. The number of benzene rings is 1. The average molecular weight is 499 g/mol. The van der Waals surface area contributed by atoms with Crippen molar-refractivity contribution >= 4 is 34.8 Å². The maximum absolute atomic E-state index is 14.0. The molecule has 0 unspecified atom stereocenters. The number of hydrogen-bond acceptors (Lipinski definition) is 8. The van der Waals surface area contributed by atoms with E-state index >= 15 is 0 Å². The van der Waals surface area contributed by atoms with E-state index in [1.807, 2.05) is 40.5 Å². The first-order valence-electron chi connectivity index (χ1n) is 10.8. The number of aryl methyl sites for hydroxylation is 1. The molecule has 176 valence electrons. The molecule has 0 aliphatic carbocycles. The van der Waals surface area contributed by atoms with Crippen LogP contribution in [0.2, 0.25) is 0 Å². The molecule has 3 aromatic heterocycles. The van der Waals surface area contributed by atoms with Crippen LogP contribution in [-0.2, 0) is 4.74 Å². The zero-order valence-electron chi connectivity index (χ0n) is 18.8. The van der Waals surface area contributed by atoms with Crippen LogP contribution >= 0.6 is 23.1 Å². The fourth-order valence-electron chi connectivity index (χ4n) is 4.04. The Morgan fingerprint density at radius 1 is 1.18 bits per heavy atom. The van der Waals surface area contributed by atoms with E-state index in [0.29, 0.717) is 48.7 Å². The van der Waals surface area contributed by atoms with Crippen molar-refractivity contribution in [2.45, 2.75) is 19.0 Å². The number of carbonyl (C=O) groups excluding carboxylic acids is 1. The fraction of sp³-hybridized carbons (Fsp3) is 0.304. The Labute approximate surface area is 204 Å². The van der Waals surface area contributed by atoms with Crippen LogP contribution in [0.25, 0.3) is 10.8 Å². The van der Waals surface area contributed by atoms with Gasteiger partial charge in [0, 0.05) is 41.6 Å². The predicted octanol–water partition coefficient (Wildman–Crippen LogP) is 4.08. The Morgan fingerprint density at radius 3 is 2.74 bits per heavy atom. The molecule has 34 heavy (non-hydrogen) atoms. The second kappa shape index (κ2) is 9.69. The molecule has 0 radical (unpaired) electrons. The summed E-state index contributed by atoms with van der Waals surface area (Å²) >= 11 is 2.82. The molecule has 0 spiro atoms. The molecule has 1 aromatic carbocycles. The minimum Gasteiger partial charge on any atom is -0.378 e. The van der Waals surface area contributed by atoms with E-state index in [1.54, 1.807) is 12.3 Å². The van der Waals surface area contributed by atoms with Crippen molar-refractivity contribution in [1.29, 1.82) is 0 Å². The third-order valence-corrected chi connectivity index (χ3v) is 7.34. The van der Waals surface area contributed by atoms with Crippen LogP contribution < -0.4 is 4.90 Å². The van der Waals surface area contributed by atoms with E-state index < -0.39 is 0 Å². The molecule has 8 nitrogen and oxygen atoms in total. The van der Waals surface area contributed by atoms with Crippen molar-refractivity contribution in [3.8, 4) is 10.8 Å². The largest absolute Gasteiger partial charge is 0.378 e. The van der Waals surface area contributed by atoms with Gasteiger partial charge in [-0.1, -0.05) is 17.8 Å². The number of aromatic nitrogens is 5. The molecule has 0 bridgehead atoms. The van der Waals surface area contributed by atoms with Crippen LogP contribution in [0.4, 0.5) is 10.3 Å². The molecule has 0 N–H and O–H groups in total. The number of Topliss-reactive ketones (excluding diaryl/α,β-unsaturated/α-hetero) is 1. The molecule has 0 saturated carbocycles. The zero-order valence-corrected chi connectivity index (χ0v) is 20.4. The van der Waals surface area contributed by atoms with Crippen LogP contribution in [-0.4, -0.2) is 62.2 Å². The molecule has 1 aliphatic rings. The monoisotopic (exact) mass is 498 g/mol. The van der Waals surface area contributed by atoms with Gasteiger partial charge in [0.2, 0.25) is 5.95 Å². The number of thiazole rings is 1. The standard InChI is InChI=1S/C23H23FN6O2S2/c1-15-12-19(16(2)29(15)22-25-6-11-33-22)20(31)14-34-23-27-26-21(28-7-9-32-10-8-28)30(23)18-5-3-4-17(24)13-18/h3-6,11-13H,7-10,14H2,1-2H3. The number of rotatable bonds is 7. The van der Waals surface area contributed by atoms with E-state index in [4.69, 9.17) is 4.74 Å². The number of ether oxygens (including phenoxy) is 1. The molecular formula is C23H23FN6O2S2. The Kier molecular flexibility index (Phi) is 6.48. The van der Waals surface area contributed by atoms with E-state index in [-0.39, 0.29) is 17.4 Å². The Balaban J connectivity index is 1.42. The van der Waals surface area contributed by atoms with E-state index in [9.17, 15) is 9.18 Å². The second-order valence-electron chi connectivity index (χ2n) is 7.84. The summed E-state index contributed by atoms with van der Waals surface area (Å²) in [6.07, 6.45) is 1.75. The first-order chi connectivity index (χ1) is 16.5. The van der Waals surface area contributed by atoms with Gasteiger partial charge in [-0.2, -0.15) is 0 Å². The predicted molar refractivity (Wildman–Crippen MR) is 130 cm³/mol. The molecule has 1 aliphatic heterocycles. The Bertz CT molecular complexity index is 1310. The highest BCUT2D eigenvalue weighted by Crippen LogP contribution is 2.29. The third kappa shape index (κ3) is 4.38. The van der Waals surface area contributed by atoms with Gasteiger partial charge >= 0.3 is 0 Å². The van der Waals surface area contributed by atoms with Crippen molar-refractivity contribution in [2.24, 2.45) is 0 Å². The summed E-state index contributed by atoms with van der Waals surface area (Å²) in [5.41, 5.74) is 3.09. The minimum absolute atomic E-state index is 0.0115. The van der Waals surface area contributed by atoms with E-state index in [2.05, 4.69) is 20.1 Å². The summed E-state index contributed by atoms with van der Waals surface area (Å²) in [6.45, 7) is 6.41. The van der Waals surface area contributed by atoms with Gasteiger partial charge in [-0.05, 0) is 38.1 Å². The molecule has 0 atom stereocenters. The van der Waals surface area contributed by atoms with E-state index in [0.717, 1.165) is 16.5 Å². The molecule has 4 aromatic rings. The van der Waals surface area contributed by atoms with Gasteiger partial charge in [0.05, 0.1) is 24.7 Å². The van der Waals surface area contributed by atoms with Gasteiger partial charge < -0.3 is 9.64 Å². The number of carbonyl (C=O) groups is 1. The van der Waals surface area contributed by atoms with Crippen LogP contribution in [0.1, 0.15) is 21.7 Å². The quantitative estimate of drug-likeness (QED) is 0.281. The van der Waals surface area contributed by atoms with Gasteiger partial charge in [-0.3, -0.25) is 13.9 Å². The SMILES string of the molecule is Cc1cc(C(=O)CSc2nnc(N3CCOCC3)n2-c2cccc(F)c2)c(C)n1-c1nccs1. The number of ketones is 1. The van der Waals surface area contributed by atoms with Crippen molar-refractivity contribution < 1.29 is 13.9 Å². The fourth-order valence-corrected chi connectivity index (χ4v) is 5.62. The van der Waals surface area contributed by atoms with Gasteiger partial charge in [-0.15, -0.1) is 21.5 Å². The zero-order chi connectivity index (χ0) is 23.7. The molecule has 0 amide bonds. The third-order valence-electron chi connectivity index (χ3n) is 5.65. The smallest absolute Gasteiger partial charge is 0.232 e. The number of nitrogens with zero attached hydrogens (tertiary/aromatic N) is 6. The van der Waals surface area contributed by atoms with Crippen LogP contribution in [0.5, 0.6) is 0 Å². The minimum atomic E-state index is -0.346. The van der Waals surface area contributed by atoms with Crippen molar-refractivity contribution in [2.75, 3.05) is 37.0 Å². The molecule has 1 saturated heterocycles. The van der Waals surface area contributed by atoms with Crippen LogP contribution in [0.15, 0.2) is 47.1 Å². The number of halogens is 1. The molecule has 11 heteroatoms. The van der Waals surface area contributed by atoms with Gasteiger partial charge in [-0.25, -0.2) is 9.37 Å². The van der Waals surface area contributed by atoms with E-state index in [1.165, 1.54) is 35.2 Å². The summed E-state index contributed by atoms with van der Waals surface area (Å²) in [5, 5.41) is 12.0. The molecule has 1 fully saturated rings. The highest BCUT2D eigenvalue weighted by molar-refractivity contribution is 7.99. The van der Waals surface area contributed by atoms with Crippen molar-refractivity contribution in [1.82, 2.24) is 24.3 Å². The normalized spacial score (nSPS) is 14.0. The van der Waals surface area contributed by atoms with Crippen LogP contribution in [0, 0.1) is 19.7 Å². The van der Waals surface area contributed by atoms with Gasteiger partial charge in [0.1, 0.15) is 5.82 Å². The number of hydrogen-bond donors (Lipinski definition) is 0. The lowest BCUT2D eigenvalue weighted by atomic mass is 10.2. The number of thioether (sulfide) groups is 1. The first-order valence-corrected chi connectivity index (χ1v) is 12.7. The lowest BCUT2D eigenvalue weighted by Gasteiger charge is -2.27. The van der Waals surface area contributed by atoms with Crippen LogP contribution in [0.3, 0.4) is 0 Å². The summed E-state index contributed by atoms with van der Waals surface area (Å²) in [6, 6.07) is 8.21. The van der Waals surface area contributed by atoms with Gasteiger partial charge in [0.15, 0.2) is 16.1 Å². The maximum atomic E-state index is 14.0. The van der Waals surface area contributed by atoms with Crippen molar-refractivity contribution in [3.05, 3.63) is 64.7 Å². The highest BCUT2D eigenvalue weighted by Gasteiger charge is 2.24. The topological polar surface area (TPSA) is 78.1 Å². The summed E-state index contributed by atoms with van der Waals surface area (Å²) in [7, 11) is 0. The Morgan fingerprint density at radius 2 is 2.00 bits per heavy atom.